The van der Waals surface area contributed by atoms with Crippen LogP contribution in [-0.4, -0.2) is 30.5 Å². The van der Waals surface area contributed by atoms with Gasteiger partial charge in [0, 0.05) is 24.0 Å². The van der Waals surface area contributed by atoms with Crippen molar-refractivity contribution in [3.63, 3.8) is 0 Å². The fraction of sp³-hybridized carbons (Fsp3) is 0.273. The number of aromatic nitrogens is 4. The standard InChI is InChI=1S/C22H23N5O2S2/c1-13(2)27-18(10-11-23-27)24-19(28)14(3)30-22-25-20-16(21(29)26(22)4)12-17(31-20)15-8-6-5-7-9-15/h5-14H,1-4H3,(H,24,28). The van der Waals surface area contributed by atoms with Crippen LogP contribution in [0.15, 0.2) is 58.6 Å². The smallest absolute Gasteiger partial charge is 0.262 e. The predicted molar refractivity (Wildman–Crippen MR) is 127 cm³/mol. The molecule has 0 aliphatic carbocycles. The van der Waals surface area contributed by atoms with Crippen LogP contribution < -0.4 is 10.9 Å². The second-order valence-electron chi connectivity index (χ2n) is 7.46. The first-order valence-electron chi connectivity index (χ1n) is 9.92. The molecule has 0 radical (unpaired) electrons. The highest BCUT2D eigenvalue weighted by atomic mass is 32.2. The predicted octanol–water partition coefficient (Wildman–Crippen LogP) is 4.56. The summed E-state index contributed by atoms with van der Waals surface area (Å²) in [5.74, 6) is 0.480. The first-order chi connectivity index (χ1) is 14.8. The Morgan fingerprint density at radius 3 is 2.61 bits per heavy atom. The number of carbonyl (C=O) groups excluding carboxylic acids is 1. The number of thioether (sulfide) groups is 1. The summed E-state index contributed by atoms with van der Waals surface area (Å²) in [7, 11) is 1.69. The van der Waals surface area contributed by atoms with Crippen LogP contribution in [-0.2, 0) is 11.8 Å². The zero-order chi connectivity index (χ0) is 22.1. The van der Waals surface area contributed by atoms with E-state index in [-0.39, 0.29) is 17.5 Å². The van der Waals surface area contributed by atoms with Crippen LogP contribution in [0.4, 0.5) is 5.82 Å². The molecule has 1 amide bonds. The Bertz CT molecular complexity index is 1290. The van der Waals surface area contributed by atoms with E-state index in [4.69, 9.17) is 4.98 Å². The van der Waals surface area contributed by atoms with Crippen LogP contribution in [0.2, 0.25) is 0 Å². The third-order valence-electron chi connectivity index (χ3n) is 4.85. The molecule has 1 atom stereocenters. The van der Waals surface area contributed by atoms with Crippen LogP contribution in [0, 0.1) is 0 Å². The van der Waals surface area contributed by atoms with Gasteiger partial charge < -0.3 is 5.32 Å². The van der Waals surface area contributed by atoms with Crippen molar-refractivity contribution in [2.75, 3.05) is 5.32 Å². The molecular weight excluding hydrogens is 430 g/mol. The SMILES string of the molecule is CC(Sc1nc2sc(-c3ccccc3)cc2c(=O)n1C)C(=O)Nc1ccnn1C(C)C. The fourth-order valence-corrected chi connectivity index (χ4v) is 5.11. The summed E-state index contributed by atoms with van der Waals surface area (Å²) in [6, 6.07) is 13.7. The Labute approximate surface area is 188 Å². The molecule has 0 saturated carbocycles. The van der Waals surface area contributed by atoms with Crippen LogP contribution in [0.25, 0.3) is 20.7 Å². The molecule has 4 aromatic rings. The number of carbonyl (C=O) groups is 1. The van der Waals surface area contributed by atoms with Crippen molar-refractivity contribution in [1.82, 2.24) is 19.3 Å². The van der Waals surface area contributed by atoms with Crippen LogP contribution in [0.1, 0.15) is 26.8 Å². The first kappa shape index (κ1) is 21.3. The van der Waals surface area contributed by atoms with E-state index in [2.05, 4.69) is 10.4 Å². The summed E-state index contributed by atoms with van der Waals surface area (Å²) in [6.45, 7) is 5.80. The van der Waals surface area contributed by atoms with Gasteiger partial charge in [-0.2, -0.15) is 5.10 Å². The molecule has 31 heavy (non-hydrogen) atoms. The number of amides is 1. The second-order valence-corrected chi connectivity index (χ2v) is 9.80. The normalized spacial score (nSPS) is 12.4. The monoisotopic (exact) mass is 453 g/mol. The van der Waals surface area contributed by atoms with E-state index >= 15 is 0 Å². The number of nitrogens with one attached hydrogen (secondary N) is 1. The molecule has 0 spiro atoms. The second kappa shape index (κ2) is 8.68. The third-order valence-corrected chi connectivity index (χ3v) is 7.07. The van der Waals surface area contributed by atoms with Crippen molar-refractivity contribution in [3.05, 3.63) is 59.0 Å². The highest BCUT2D eigenvalue weighted by molar-refractivity contribution is 8.00. The highest BCUT2D eigenvalue weighted by Crippen LogP contribution is 2.32. The van der Waals surface area contributed by atoms with E-state index in [0.29, 0.717) is 21.2 Å². The van der Waals surface area contributed by atoms with Gasteiger partial charge in [-0.25, -0.2) is 9.67 Å². The average molecular weight is 454 g/mol. The molecule has 3 heterocycles. The van der Waals surface area contributed by atoms with E-state index < -0.39 is 5.25 Å². The molecule has 0 saturated heterocycles. The minimum atomic E-state index is -0.445. The van der Waals surface area contributed by atoms with Crippen LogP contribution in [0.3, 0.4) is 0 Å². The van der Waals surface area contributed by atoms with Crippen LogP contribution in [0.5, 0.6) is 0 Å². The Balaban J connectivity index is 1.59. The van der Waals surface area contributed by atoms with Crippen molar-refractivity contribution < 1.29 is 4.79 Å². The maximum atomic E-state index is 12.9. The summed E-state index contributed by atoms with van der Waals surface area (Å²) in [6.07, 6.45) is 1.66. The largest absolute Gasteiger partial charge is 0.310 e. The molecule has 160 valence electrons. The van der Waals surface area contributed by atoms with Gasteiger partial charge in [-0.15, -0.1) is 11.3 Å². The number of rotatable bonds is 6. The third kappa shape index (κ3) is 4.28. The lowest BCUT2D eigenvalue weighted by Crippen LogP contribution is -2.26. The number of thiophene rings is 1. The van der Waals surface area contributed by atoms with Crippen molar-refractivity contribution in [1.29, 1.82) is 0 Å². The molecule has 1 unspecified atom stereocenters. The zero-order valence-electron chi connectivity index (χ0n) is 17.7. The number of benzene rings is 1. The van der Waals surface area contributed by atoms with Gasteiger partial charge in [-0.3, -0.25) is 14.2 Å². The molecule has 9 heteroatoms. The number of hydrogen-bond donors (Lipinski definition) is 1. The highest BCUT2D eigenvalue weighted by Gasteiger charge is 2.21. The molecule has 0 fully saturated rings. The molecule has 1 N–H and O–H groups in total. The Kier molecular flexibility index (Phi) is 5.97. The van der Waals surface area contributed by atoms with E-state index in [1.54, 1.807) is 30.9 Å². The molecule has 0 aliphatic rings. The zero-order valence-corrected chi connectivity index (χ0v) is 19.3. The summed E-state index contributed by atoms with van der Waals surface area (Å²) in [5, 5.41) is 7.81. The quantitative estimate of drug-likeness (QED) is 0.342. The minimum absolute atomic E-state index is 0.114. The maximum absolute atomic E-state index is 12.9. The number of anilines is 1. The lowest BCUT2D eigenvalue weighted by atomic mass is 10.2. The molecule has 3 aromatic heterocycles. The van der Waals surface area contributed by atoms with E-state index in [9.17, 15) is 9.59 Å². The van der Waals surface area contributed by atoms with Gasteiger partial charge in [0.15, 0.2) is 5.16 Å². The van der Waals surface area contributed by atoms with E-state index in [1.807, 2.05) is 50.2 Å². The first-order valence-corrected chi connectivity index (χ1v) is 11.6. The lowest BCUT2D eigenvalue weighted by Gasteiger charge is -2.15. The minimum Gasteiger partial charge on any atom is -0.310 e. The van der Waals surface area contributed by atoms with Crippen molar-refractivity contribution in [3.8, 4) is 10.4 Å². The van der Waals surface area contributed by atoms with Crippen LogP contribution >= 0.6 is 23.1 Å². The Morgan fingerprint density at radius 1 is 1.16 bits per heavy atom. The lowest BCUT2D eigenvalue weighted by molar-refractivity contribution is -0.115. The maximum Gasteiger partial charge on any atom is 0.262 e. The van der Waals surface area contributed by atoms with Gasteiger partial charge in [0.1, 0.15) is 10.6 Å². The molecule has 7 nitrogen and oxygen atoms in total. The summed E-state index contributed by atoms with van der Waals surface area (Å²) < 4.78 is 3.27. The fourth-order valence-electron chi connectivity index (χ4n) is 3.16. The van der Waals surface area contributed by atoms with Crippen molar-refractivity contribution in [2.24, 2.45) is 7.05 Å². The van der Waals surface area contributed by atoms with Crippen molar-refractivity contribution in [2.45, 2.75) is 37.2 Å². The topological polar surface area (TPSA) is 81.8 Å². The van der Waals surface area contributed by atoms with Gasteiger partial charge in [-0.1, -0.05) is 42.1 Å². The average Bonchev–Trinajstić information content (AvgIpc) is 3.39. The Morgan fingerprint density at radius 2 is 1.90 bits per heavy atom. The van der Waals surface area contributed by atoms with Crippen molar-refractivity contribution >= 4 is 45.0 Å². The van der Waals surface area contributed by atoms with E-state index in [1.165, 1.54) is 27.7 Å². The summed E-state index contributed by atoms with van der Waals surface area (Å²) in [4.78, 5) is 32.0. The van der Waals surface area contributed by atoms with Gasteiger partial charge in [0.05, 0.1) is 16.8 Å². The number of fused-ring (bicyclic) bond motifs is 1. The number of nitrogens with zero attached hydrogens (tertiary/aromatic N) is 4. The Hall–Kier alpha value is -2.91. The van der Waals surface area contributed by atoms with Gasteiger partial charge >= 0.3 is 0 Å². The van der Waals surface area contributed by atoms with Gasteiger partial charge in [0.2, 0.25) is 5.91 Å². The molecule has 0 bridgehead atoms. The molecule has 1 aromatic carbocycles. The number of hydrogen-bond acceptors (Lipinski definition) is 6. The summed E-state index contributed by atoms with van der Waals surface area (Å²) >= 11 is 2.75. The molecule has 0 aliphatic heterocycles. The van der Waals surface area contributed by atoms with E-state index in [0.717, 1.165) is 10.4 Å². The molecule has 4 rings (SSSR count). The molecular formula is C22H23N5O2S2. The van der Waals surface area contributed by atoms with Gasteiger partial charge in [-0.05, 0) is 32.4 Å². The van der Waals surface area contributed by atoms with Gasteiger partial charge in [0.25, 0.3) is 5.56 Å². The summed E-state index contributed by atoms with van der Waals surface area (Å²) in [5.41, 5.74) is 0.938.